The first-order chi connectivity index (χ1) is 9.56. The lowest BCUT2D eigenvalue weighted by Gasteiger charge is -2.07. The molecule has 0 atom stereocenters. The van der Waals surface area contributed by atoms with Crippen LogP contribution in [0.5, 0.6) is 0 Å². The Labute approximate surface area is 125 Å². The zero-order valence-corrected chi connectivity index (χ0v) is 12.0. The van der Waals surface area contributed by atoms with E-state index in [9.17, 15) is 14.4 Å². The molecule has 8 heteroatoms. The van der Waals surface area contributed by atoms with Crippen molar-refractivity contribution in [2.45, 2.75) is 0 Å². The molecule has 1 aliphatic heterocycles. The fourth-order valence-corrected chi connectivity index (χ4v) is 2.28. The molecule has 0 bridgehead atoms. The maximum atomic E-state index is 11.6. The molecule has 2 amide bonds. The molecule has 20 heavy (non-hydrogen) atoms. The van der Waals surface area contributed by atoms with Crippen LogP contribution in [0, 0.1) is 3.57 Å². The number of hydrogen-bond acceptors (Lipinski definition) is 5. The third-order valence-electron chi connectivity index (χ3n) is 2.80. The first-order valence-corrected chi connectivity index (χ1v) is 6.64. The quantitative estimate of drug-likeness (QED) is 0.531. The van der Waals surface area contributed by atoms with E-state index in [4.69, 9.17) is 0 Å². The Balaban J connectivity index is 1.99. The first kappa shape index (κ1) is 12.8. The fraction of sp³-hybridized carbons (Fsp3) is 0. The molecule has 2 heterocycles. The normalized spacial score (nSPS) is 13.1. The average Bonchev–Trinajstić information content (AvgIpc) is 2.70. The molecule has 3 rings (SSSR count). The zero-order valence-electron chi connectivity index (χ0n) is 9.86. The number of carbonyl (C=O) groups is 2. The Bertz CT molecular complexity index is 800. The van der Waals surface area contributed by atoms with Crippen molar-refractivity contribution in [3.8, 4) is 0 Å². The highest BCUT2D eigenvalue weighted by Crippen LogP contribution is 2.23. The molecule has 7 nitrogen and oxygen atoms in total. The smallest absolute Gasteiger partial charge is 0.266 e. The van der Waals surface area contributed by atoms with Gasteiger partial charge in [-0.25, -0.2) is 4.98 Å². The van der Waals surface area contributed by atoms with Crippen LogP contribution in [0.15, 0.2) is 29.3 Å². The number of rotatable bonds is 2. The minimum Gasteiger partial charge on any atom is -0.339 e. The molecular weight excluding hydrogens is 375 g/mol. The van der Waals surface area contributed by atoms with Gasteiger partial charge in [0.25, 0.3) is 17.4 Å². The molecule has 1 aromatic heterocycles. The molecule has 0 saturated carbocycles. The van der Waals surface area contributed by atoms with Crippen molar-refractivity contribution in [1.82, 2.24) is 15.3 Å². The molecular formula is C12H7IN4O3. The summed E-state index contributed by atoms with van der Waals surface area (Å²) in [5.74, 6) is -0.443. The summed E-state index contributed by atoms with van der Waals surface area (Å²) >= 11 is 1.87. The van der Waals surface area contributed by atoms with Crippen LogP contribution in [0.2, 0.25) is 0 Å². The number of nitrogens with zero attached hydrogens (tertiary/aromatic N) is 1. The van der Waals surface area contributed by atoms with Crippen LogP contribution in [0.25, 0.3) is 0 Å². The molecule has 0 unspecified atom stereocenters. The van der Waals surface area contributed by atoms with E-state index in [0.29, 0.717) is 26.2 Å². The Morgan fingerprint density at radius 1 is 1.10 bits per heavy atom. The number of halogens is 1. The molecule has 0 fully saturated rings. The molecule has 3 N–H and O–H groups in total. The zero-order chi connectivity index (χ0) is 14.3. The lowest BCUT2D eigenvalue weighted by molar-refractivity contribution is 0.0879. The third-order valence-corrected chi connectivity index (χ3v) is 3.80. The number of aromatic nitrogens is 2. The van der Waals surface area contributed by atoms with E-state index < -0.39 is 11.8 Å². The summed E-state index contributed by atoms with van der Waals surface area (Å²) < 4.78 is 0.408. The highest BCUT2D eigenvalue weighted by molar-refractivity contribution is 14.1. The van der Waals surface area contributed by atoms with Crippen molar-refractivity contribution < 1.29 is 9.59 Å². The molecule has 0 spiro atoms. The number of amides is 2. The third kappa shape index (κ3) is 2.07. The largest absolute Gasteiger partial charge is 0.339 e. The number of fused-ring (bicyclic) bond motifs is 1. The maximum Gasteiger partial charge on any atom is 0.266 e. The van der Waals surface area contributed by atoms with Gasteiger partial charge in [-0.1, -0.05) is 0 Å². The number of aromatic amines is 1. The van der Waals surface area contributed by atoms with Crippen LogP contribution in [0.1, 0.15) is 20.7 Å². The van der Waals surface area contributed by atoms with E-state index in [1.165, 1.54) is 6.33 Å². The summed E-state index contributed by atoms with van der Waals surface area (Å²) in [7, 11) is 0. The molecule has 2 aromatic rings. The number of imide groups is 1. The summed E-state index contributed by atoms with van der Waals surface area (Å²) in [6.45, 7) is 0. The van der Waals surface area contributed by atoms with Crippen molar-refractivity contribution in [3.05, 3.63) is 49.6 Å². The van der Waals surface area contributed by atoms with Crippen molar-refractivity contribution in [1.29, 1.82) is 0 Å². The summed E-state index contributed by atoms with van der Waals surface area (Å²) in [5, 5.41) is 5.16. The summed E-state index contributed by atoms with van der Waals surface area (Å²) in [6.07, 6.45) is 1.29. The second-order valence-electron chi connectivity index (χ2n) is 4.06. The van der Waals surface area contributed by atoms with Gasteiger partial charge in [-0.2, -0.15) is 0 Å². The fourth-order valence-electron chi connectivity index (χ4n) is 1.85. The lowest BCUT2D eigenvalue weighted by atomic mass is 10.1. The minimum absolute atomic E-state index is 0.253. The number of hydrogen-bond donors (Lipinski definition) is 3. The highest BCUT2D eigenvalue weighted by atomic mass is 127. The molecule has 100 valence electrons. The molecule has 0 radical (unpaired) electrons. The van der Waals surface area contributed by atoms with E-state index >= 15 is 0 Å². The first-order valence-electron chi connectivity index (χ1n) is 5.56. The van der Waals surface area contributed by atoms with Gasteiger partial charge in [0.1, 0.15) is 3.57 Å². The van der Waals surface area contributed by atoms with E-state index in [-0.39, 0.29) is 5.56 Å². The Kier molecular flexibility index (Phi) is 3.01. The van der Waals surface area contributed by atoms with Crippen LogP contribution in [0.4, 0.5) is 11.5 Å². The standard InChI is InChI=1S/C12H7IN4O3/c13-8-9(14-4-15-12(8)20)16-5-1-2-6-7(3-5)11(19)17-10(6)18/h1-4H,(H,17,18,19)(H2,14,15,16,20). The molecule has 0 aliphatic carbocycles. The van der Waals surface area contributed by atoms with E-state index in [1.807, 2.05) is 22.6 Å². The van der Waals surface area contributed by atoms with Crippen molar-refractivity contribution in [2.24, 2.45) is 0 Å². The van der Waals surface area contributed by atoms with Crippen LogP contribution >= 0.6 is 22.6 Å². The lowest BCUT2D eigenvalue weighted by Crippen LogP contribution is -2.19. The SMILES string of the molecule is O=C1NC(=O)c2cc(Nc3nc[nH]c(=O)c3I)ccc21. The number of benzene rings is 1. The molecule has 1 aromatic carbocycles. The summed E-state index contributed by atoms with van der Waals surface area (Å²) in [5.41, 5.74) is 0.968. The molecule has 1 aliphatic rings. The second kappa shape index (κ2) is 4.71. The second-order valence-corrected chi connectivity index (χ2v) is 5.14. The van der Waals surface area contributed by atoms with Crippen LogP contribution < -0.4 is 16.2 Å². The number of nitrogens with one attached hydrogen (secondary N) is 3. The van der Waals surface area contributed by atoms with Crippen LogP contribution in [-0.2, 0) is 0 Å². The maximum absolute atomic E-state index is 11.6. The van der Waals surface area contributed by atoms with Gasteiger partial charge < -0.3 is 10.3 Å². The van der Waals surface area contributed by atoms with Gasteiger partial charge in [-0.15, -0.1) is 0 Å². The van der Waals surface area contributed by atoms with Gasteiger partial charge in [0.2, 0.25) is 0 Å². The number of carbonyl (C=O) groups excluding carboxylic acids is 2. The Hall–Kier alpha value is -2.23. The van der Waals surface area contributed by atoms with Crippen molar-refractivity contribution in [3.63, 3.8) is 0 Å². The van der Waals surface area contributed by atoms with Crippen molar-refractivity contribution >= 4 is 45.9 Å². The van der Waals surface area contributed by atoms with Crippen LogP contribution in [-0.4, -0.2) is 21.8 Å². The van der Waals surface area contributed by atoms with E-state index in [0.717, 1.165) is 0 Å². The minimum atomic E-state index is -0.429. The topological polar surface area (TPSA) is 104 Å². The van der Waals surface area contributed by atoms with Gasteiger partial charge >= 0.3 is 0 Å². The average molecular weight is 382 g/mol. The van der Waals surface area contributed by atoms with E-state index in [2.05, 4.69) is 20.6 Å². The van der Waals surface area contributed by atoms with Gasteiger partial charge in [0.15, 0.2) is 5.82 Å². The predicted molar refractivity (Wildman–Crippen MR) is 79.1 cm³/mol. The van der Waals surface area contributed by atoms with Crippen molar-refractivity contribution in [2.75, 3.05) is 5.32 Å². The monoisotopic (exact) mass is 382 g/mol. The van der Waals surface area contributed by atoms with E-state index in [1.54, 1.807) is 18.2 Å². The highest BCUT2D eigenvalue weighted by Gasteiger charge is 2.26. The van der Waals surface area contributed by atoms with Gasteiger partial charge in [0, 0.05) is 5.69 Å². The Morgan fingerprint density at radius 3 is 2.65 bits per heavy atom. The van der Waals surface area contributed by atoms with Gasteiger partial charge in [-0.3, -0.25) is 19.7 Å². The van der Waals surface area contributed by atoms with Gasteiger partial charge in [-0.05, 0) is 40.8 Å². The van der Waals surface area contributed by atoms with Gasteiger partial charge in [0.05, 0.1) is 17.5 Å². The predicted octanol–water partition coefficient (Wildman–Crippen LogP) is 1.00. The number of anilines is 2. The Morgan fingerprint density at radius 2 is 1.85 bits per heavy atom. The summed E-state index contributed by atoms with van der Waals surface area (Å²) in [6, 6.07) is 4.75. The van der Waals surface area contributed by atoms with Crippen LogP contribution in [0.3, 0.4) is 0 Å². The number of H-pyrrole nitrogens is 1. The summed E-state index contributed by atoms with van der Waals surface area (Å²) in [4.78, 5) is 40.9. The molecule has 0 saturated heterocycles.